The van der Waals surface area contributed by atoms with Crippen molar-refractivity contribution >= 4 is 33.2 Å². The van der Waals surface area contributed by atoms with E-state index >= 15 is 0 Å². The lowest BCUT2D eigenvalue weighted by Crippen LogP contribution is -2.23. The van der Waals surface area contributed by atoms with Gasteiger partial charge >= 0.3 is 5.69 Å². The van der Waals surface area contributed by atoms with Crippen LogP contribution in [0.1, 0.15) is 94.5 Å². The summed E-state index contributed by atoms with van der Waals surface area (Å²) in [4.78, 5) is 17.7. The van der Waals surface area contributed by atoms with Crippen LogP contribution in [0.4, 0.5) is 11.4 Å². The summed E-state index contributed by atoms with van der Waals surface area (Å²) in [5, 5.41) is 13.2. The highest BCUT2D eigenvalue weighted by molar-refractivity contribution is 5.87. The first kappa shape index (κ1) is 30.9. The number of hydrogen-bond donors (Lipinski definition) is 3. The summed E-state index contributed by atoms with van der Waals surface area (Å²) in [6.45, 7) is 24.5. The minimum Gasteiger partial charge on any atom is -0.486 e. The van der Waals surface area contributed by atoms with Gasteiger partial charge in [-0.2, -0.15) is 0 Å². The number of aromatic nitrogens is 2. The second-order valence-electron chi connectivity index (χ2n) is 14.4. The molecule has 2 aromatic heterocycles. The number of aromatic amines is 2. The average Bonchev–Trinajstić information content (AvgIpc) is 3.35. The summed E-state index contributed by atoms with van der Waals surface area (Å²) < 4.78 is 11.6. The zero-order valence-corrected chi connectivity index (χ0v) is 26.1. The summed E-state index contributed by atoms with van der Waals surface area (Å²) in [6.07, 6.45) is 0. The molecule has 2 aromatic carbocycles. The third-order valence-corrected chi connectivity index (χ3v) is 6.10. The van der Waals surface area contributed by atoms with E-state index in [1.54, 1.807) is 12.1 Å². The van der Waals surface area contributed by atoms with E-state index in [2.05, 4.69) is 57.6 Å². The van der Waals surface area contributed by atoms with Gasteiger partial charge in [-0.3, -0.25) is 10.1 Å². The van der Waals surface area contributed by atoms with Crippen molar-refractivity contribution in [2.45, 2.75) is 105 Å². The van der Waals surface area contributed by atoms with Gasteiger partial charge in [0.1, 0.15) is 17.0 Å². The molecular weight excluding hydrogens is 504 g/mol. The number of nitrogens with two attached hydrogens (primary N) is 1. The van der Waals surface area contributed by atoms with Crippen LogP contribution in [0.25, 0.3) is 21.8 Å². The quantitative estimate of drug-likeness (QED) is 0.134. The minimum absolute atomic E-state index is 0.00289. The Labute approximate surface area is 237 Å². The molecule has 0 spiro atoms. The van der Waals surface area contributed by atoms with Gasteiger partial charge in [0.05, 0.1) is 10.6 Å². The molecule has 0 amide bonds. The number of H-pyrrole nitrogens is 2. The van der Waals surface area contributed by atoms with Crippen LogP contribution in [0.5, 0.6) is 11.5 Å². The molecule has 0 aliphatic heterocycles. The monoisotopic (exact) mass is 550 g/mol. The molecule has 2 heterocycles. The Hall–Kier alpha value is -3.68. The summed E-state index contributed by atoms with van der Waals surface area (Å²) in [5.41, 5.74) is 10.2. The number of benzene rings is 2. The first-order chi connectivity index (χ1) is 18.0. The topological polar surface area (TPSA) is 119 Å². The van der Waals surface area contributed by atoms with Crippen LogP contribution >= 0.6 is 0 Å². The third-order valence-electron chi connectivity index (χ3n) is 6.10. The van der Waals surface area contributed by atoms with Gasteiger partial charge < -0.3 is 25.2 Å². The Bertz CT molecular complexity index is 1520. The van der Waals surface area contributed by atoms with Crippen molar-refractivity contribution in [2.75, 3.05) is 5.73 Å². The maximum Gasteiger partial charge on any atom is 0.311 e. The summed E-state index contributed by atoms with van der Waals surface area (Å²) >= 11 is 0. The number of fused-ring (bicyclic) bond motifs is 2. The van der Waals surface area contributed by atoms with Crippen molar-refractivity contribution in [1.29, 1.82) is 0 Å². The number of nitrogens with zero attached hydrogens (tertiary/aromatic N) is 1. The first-order valence-corrected chi connectivity index (χ1v) is 13.7. The van der Waals surface area contributed by atoms with Crippen molar-refractivity contribution in [3.8, 4) is 11.5 Å². The fraction of sp³-hybridized carbons (Fsp3) is 0.500. The largest absolute Gasteiger partial charge is 0.486 e. The number of ether oxygens (including phenoxy) is 2. The highest BCUT2D eigenvalue weighted by Crippen LogP contribution is 2.36. The van der Waals surface area contributed by atoms with E-state index in [1.165, 1.54) is 5.69 Å². The van der Waals surface area contributed by atoms with Gasteiger partial charge in [-0.05, 0) is 59.7 Å². The predicted molar refractivity (Wildman–Crippen MR) is 166 cm³/mol. The van der Waals surface area contributed by atoms with Gasteiger partial charge in [0.15, 0.2) is 5.75 Å². The molecule has 8 nitrogen and oxygen atoms in total. The Morgan fingerprint density at radius 1 is 0.650 bits per heavy atom. The molecule has 0 fully saturated rings. The zero-order chi connectivity index (χ0) is 30.4. The van der Waals surface area contributed by atoms with Gasteiger partial charge in [-0.15, -0.1) is 0 Å². The molecule has 0 unspecified atom stereocenters. The van der Waals surface area contributed by atoms with Crippen molar-refractivity contribution < 1.29 is 14.4 Å². The normalized spacial score (nSPS) is 12.8. The fourth-order valence-electron chi connectivity index (χ4n) is 4.11. The van der Waals surface area contributed by atoms with Gasteiger partial charge in [-0.1, -0.05) is 41.5 Å². The van der Waals surface area contributed by atoms with E-state index in [-0.39, 0.29) is 22.1 Å². The Balaban J connectivity index is 0.000000222. The van der Waals surface area contributed by atoms with E-state index in [9.17, 15) is 10.1 Å². The molecule has 0 aliphatic carbocycles. The molecule has 4 rings (SSSR count). The molecule has 0 atom stereocenters. The predicted octanol–water partition coefficient (Wildman–Crippen LogP) is 8.78. The molecule has 0 saturated carbocycles. The Kier molecular flexibility index (Phi) is 8.00. The number of rotatable bonds is 3. The zero-order valence-electron chi connectivity index (χ0n) is 26.1. The van der Waals surface area contributed by atoms with E-state index in [0.29, 0.717) is 11.4 Å². The molecule has 40 heavy (non-hydrogen) atoms. The summed E-state index contributed by atoms with van der Waals surface area (Å²) in [6, 6.07) is 11.4. The average molecular weight is 551 g/mol. The van der Waals surface area contributed by atoms with Crippen LogP contribution in [0.2, 0.25) is 0 Å². The van der Waals surface area contributed by atoms with Crippen LogP contribution in [0, 0.1) is 10.1 Å². The van der Waals surface area contributed by atoms with E-state index in [4.69, 9.17) is 15.2 Å². The number of nitrogen functional groups attached to an aromatic ring is 1. The van der Waals surface area contributed by atoms with Crippen molar-refractivity contribution in [1.82, 2.24) is 9.97 Å². The van der Waals surface area contributed by atoms with Crippen LogP contribution in [0.3, 0.4) is 0 Å². The standard InChI is InChI=1S/C16H22N2O3.C16H24N2O/c1-15(2,3)14-8-10-7-12(18(19)20)13(9-11(10)17-14)21-16(4,5)6;1-15(2,3)14-8-10-7-11(17)13(9-12(10)18-14)19-16(4,5)6/h7-9,17H,1-6H3;7-9,18H,17H2,1-6H3. The Morgan fingerprint density at radius 2 is 1.05 bits per heavy atom. The number of nitro benzene ring substituents is 1. The number of nitro groups is 1. The van der Waals surface area contributed by atoms with Gasteiger partial charge in [0, 0.05) is 62.2 Å². The molecule has 0 radical (unpaired) electrons. The molecule has 4 aromatic rings. The van der Waals surface area contributed by atoms with Gasteiger partial charge in [0.25, 0.3) is 0 Å². The van der Waals surface area contributed by atoms with E-state index < -0.39 is 10.5 Å². The minimum atomic E-state index is -0.488. The number of hydrogen-bond acceptors (Lipinski definition) is 5. The molecule has 0 bridgehead atoms. The van der Waals surface area contributed by atoms with Crippen LogP contribution in [-0.2, 0) is 10.8 Å². The number of anilines is 1. The number of nitrogens with one attached hydrogen (secondary N) is 2. The van der Waals surface area contributed by atoms with Crippen LogP contribution in [0.15, 0.2) is 36.4 Å². The highest BCUT2D eigenvalue weighted by atomic mass is 16.6. The maximum atomic E-state index is 11.3. The molecule has 4 N–H and O–H groups in total. The Morgan fingerprint density at radius 3 is 1.45 bits per heavy atom. The second-order valence-corrected chi connectivity index (χ2v) is 14.4. The maximum absolute atomic E-state index is 11.3. The second kappa shape index (κ2) is 10.4. The lowest BCUT2D eigenvalue weighted by molar-refractivity contribution is -0.386. The molecular formula is C32H46N4O4. The molecule has 0 saturated heterocycles. The fourth-order valence-corrected chi connectivity index (χ4v) is 4.11. The highest BCUT2D eigenvalue weighted by Gasteiger charge is 2.24. The lowest BCUT2D eigenvalue weighted by atomic mass is 9.92. The first-order valence-electron chi connectivity index (χ1n) is 13.7. The van der Waals surface area contributed by atoms with Crippen molar-refractivity contribution in [3.05, 3.63) is 57.9 Å². The lowest BCUT2D eigenvalue weighted by Gasteiger charge is -2.22. The third kappa shape index (κ3) is 7.71. The van der Waals surface area contributed by atoms with Gasteiger partial charge in [0.2, 0.25) is 0 Å². The van der Waals surface area contributed by atoms with E-state index in [1.807, 2.05) is 59.7 Å². The smallest absolute Gasteiger partial charge is 0.311 e. The van der Waals surface area contributed by atoms with E-state index in [0.717, 1.165) is 33.2 Å². The van der Waals surface area contributed by atoms with Gasteiger partial charge in [-0.25, -0.2) is 0 Å². The molecule has 8 heteroatoms. The summed E-state index contributed by atoms with van der Waals surface area (Å²) in [7, 11) is 0. The van der Waals surface area contributed by atoms with Crippen molar-refractivity contribution in [2.24, 2.45) is 0 Å². The molecule has 0 aliphatic rings. The SMILES string of the molecule is CC(C)(C)Oc1cc2[nH]c(C(C)(C)C)cc2cc1N.CC(C)(C)Oc1cc2[nH]c(C(C)(C)C)cc2cc1[N+](=O)[O-]. The van der Waals surface area contributed by atoms with Crippen molar-refractivity contribution in [3.63, 3.8) is 0 Å². The van der Waals surface area contributed by atoms with Crippen LogP contribution < -0.4 is 15.2 Å². The van der Waals surface area contributed by atoms with Crippen LogP contribution in [-0.4, -0.2) is 26.1 Å². The summed E-state index contributed by atoms with van der Waals surface area (Å²) in [5.74, 6) is 1.03. The molecule has 218 valence electrons.